The molecule has 0 aliphatic carbocycles. The number of nitrogens with two attached hydrogens (primary N) is 1. The predicted octanol–water partition coefficient (Wildman–Crippen LogP) is -0.555. The van der Waals surface area contributed by atoms with Crippen molar-refractivity contribution in [1.29, 1.82) is 0 Å². The van der Waals surface area contributed by atoms with Gasteiger partial charge in [0.2, 0.25) is 0 Å². The average molecular weight is 375 g/mol. The molecule has 138 valence electrons. The minimum absolute atomic E-state index is 0.179. The SMILES string of the molecule is COP(=O)(OC)OC[C@@H]1O[C@@H](n2cnc3c(N)ncnc32)[C@@H](O)[C@@H]1O. The Morgan fingerprint density at radius 1 is 1.28 bits per heavy atom. The van der Waals surface area contributed by atoms with Crippen LogP contribution in [-0.4, -0.2) is 68.9 Å². The minimum Gasteiger partial charge on any atom is -0.387 e. The molecule has 0 bridgehead atoms. The first-order chi connectivity index (χ1) is 11.9. The molecule has 4 atom stereocenters. The Morgan fingerprint density at radius 2 is 2.00 bits per heavy atom. The molecule has 0 spiro atoms. The van der Waals surface area contributed by atoms with Crippen molar-refractivity contribution in [2.45, 2.75) is 24.5 Å². The second-order valence-corrected chi connectivity index (χ2v) is 7.12. The zero-order chi connectivity index (χ0) is 18.2. The van der Waals surface area contributed by atoms with Gasteiger partial charge in [0.15, 0.2) is 17.7 Å². The number of ether oxygens (including phenoxy) is 1. The summed E-state index contributed by atoms with van der Waals surface area (Å²) in [4.78, 5) is 12.0. The molecule has 1 fully saturated rings. The van der Waals surface area contributed by atoms with Crippen molar-refractivity contribution in [2.24, 2.45) is 0 Å². The summed E-state index contributed by atoms with van der Waals surface area (Å²) in [6.07, 6.45) is -1.95. The molecule has 2 aromatic rings. The summed E-state index contributed by atoms with van der Waals surface area (Å²) in [7, 11) is -1.41. The van der Waals surface area contributed by atoms with Gasteiger partial charge in [-0.3, -0.25) is 18.1 Å². The van der Waals surface area contributed by atoms with Crippen LogP contribution in [0.4, 0.5) is 5.82 Å². The average Bonchev–Trinajstić information content (AvgIpc) is 3.16. The summed E-state index contributed by atoms with van der Waals surface area (Å²) < 4.78 is 33.3. The first-order valence-corrected chi connectivity index (χ1v) is 8.67. The number of anilines is 1. The Kier molecular flexibility index (Phi) is 5.02. The van der Waals surface area contributed by atoms with Crippen LogP contribution in [0.15, 0.2) is 12.7 Å². The number of phosphoric ester groups is 1. The Hall–Kier alpha value is -1.66. The number of hydrogen-bond acceptors (Lipinski definition) is 11. The van der Waals surface area contributed by atoms with Crippen molar-refractivity contribution in [3.8, 4) is 0 Å². The van der Waals surface area contributed by atoms with Gasteiger partial charge in [0.1, 0.15) is 30.2 Å². The Balaban J connectivity index is 1.80. The van der Waals surface area contributed by atoms with Crippen LogP contribution in [0, 0.1) is 0 Å². The highest BCUT2D eigenvalue weighted by molar-refractivity contribution is 7.48. The third-order valence-electron chi connectivity index (χ3n) is 3.84. The predicted molar refractivity (Wildman–Crippen MR) is 83.2 cm³/mol. The van der Waals surface area contributed by atoms with E-state index in [9.17, 15) is 14.8 Å². The quantitative estimate of drug-likeness (QED) is 0.555. The van der Waals surface area contributed by atoms with Crippen molar-refractivity contribution in [2.75, 3.05) is 26.6 Å². The van der Waals surface area contributed by atoms with E-state index in [1.807, 2.05) is 0 Å². The monoisotopic (exact) mass is 375 g/mol. The van der Waals surface area contributed by atoms with Crippen molar-refractivity contribution < 1.29 is 33.1 Å². The van der Waals surface area contributed by atoms with Gasteiger partial charge in [-0.25, -0.2) is 19.5 Å². The van der Waals surface area contributed by atoms with Crippen molar-refractivity contribution in [1.82, 2.24) is 19.5 Å². The topological polar surface area (TPSA) is 164 Å². The highest BCUT2D eigenvalue weighted by Gasteiger charge is 2.45. The molecule has 0 radical (unpaired) electrons. The standard InChI is InChI=1S/C12H18N5O7P/c1-21-25(20,22-2)23-3-6-8(18)9(19)12(24-6)17-5-16-7-10(13)14-4-15-11(7)17/h4-6,8-9,12,18-19H,3H2,1-2H3,(H2,13,14,15)/t6-,8+,9-,12+/m0/s1. The molecule has 4 N–H and O–H groups in total. The van der Waals surface area contributed by atoms with Crippen molar-refractivity contribution >= 4 is 24.8 Å². The van der Waals surface area contributed by atoms with E-state index in [0.717, 1.165) is 14.2 Å². The molecule has 0 amide bonds. The lowest BCUT2D eigenvalue weighted by atomic mass is 10.1. The molecular weight excluding hydrogens is 357 g/mol. The summed E-state index contributed by atoms with van der Waals surface area (Å²) in [6, 6.07) is 0. The molecule has 3 heterocycles. The van der Waals surface area contributed by atoms with E-state index in [2.05, 4.69) is 24.0 Å². The third kappa shape index (κ3) is 3.25. The molecular formula is C12H18N5O7P. The molecule has 13 heteroatoms. The highest BCUT2D eigenvalue weighted by Crippen LogP contribution is 2.48. The summed E-state index contributed by atoms with van der Waals surface area (Å²) >= 11 is 0. The number of hydrogen-bond donors (Lipinski definition) is 3. The lowest BCUT2D eigenvalue weighted by molar-refractivity contribution is -0.0514. The number of phosphoric acid groups is 1. The maximum Gasteiger partial charge on any atom is 0.474 e. The summed E-state index contributed by atoms with van der Waals surface area (Å²) in [5.41, 5.74) is 6.41. The summed E-state index contributed by atoms with van der Waals surface area (Å²) in [5, 5.41) is 20.5. The number of nitrogens with zero attached hydrogens (tertiary/aromatic N) is 4. The molecule has 1 aliphatic rings. The fourth-order valence-corrected chi connectivity index (χ4v) is 3.19. The Bertz CT molecular complexity index is 793. The number of nitrogen functional groups attached to an aromatic ring is 1. The molecule has 1 aliphatic heterocycles. The number of rotatable bonds is 6. The number of aromatic nitrogens is 4. The minimum atomic E-state index is -3.73. The Labute approximate surface area is 142 Å². The molecule has 1 saturated heterocycles. The van der Waals surface area contributed by atoms with Crippen LogP contribution in [0.2, 0.25) is 0 Å². The second-order valence-electron chi connectivity index (χ2n) is 5.24. The van der Waals surface area contributed by atoms with Gasteiger partial charge in [0.05, 0.1) is 12.9 Å². The lowest BCUT2D eigenvalue weighted by Crippen LogP contribution is -2.33. The van der Waals surface area contributed by atoms with E-state index in [-0.39, 0.29) is 12.4 Å². The normalized spacial score (nSPS) is 27.2. The number of fused-ring (bicyclic) bond motifs is 1. The fourth-order valence-electron chi connectivity index (χ4n) is 2.50. The first-order valence-electron chi connectivity index (χ1n) is 7.21. The third-order valence-corrected chi connectivity index (χ3v) is 5.20. The number of imidazole rings is 1. The zero-order valence-electron chi connectivity index (χ0n) is 13.4. The fraction of sp³-hybridized carbons (Fsp3) is 0.583. The van der Waals surface area contributed by atoms with E-state index in [4.69, 9.17) is 15.0 Å². The van der Waals surface area contributed by atoms with E-state index >= 15 is 0 Å². The van der Waals surface area contributed by atoms with Gasteiger partial charge in [-0.15, -0.1) is 0 Å². The van der Waals surface area contributed by atoms with Gasteiger partial charge >= 0.3 is 7.82 Å². The van der Waals surface area contributed by atoms with Crippen LogP contribution in [0.25, 0.3) is 11.2 Å². The highest BCUT2D eigenvalue weighted by atomic mass is 31.2. The zero-order valence-corrected chi connectivity index (χ0v) is 14.3. The second kappa shape index (κ2) is 6.92. The van der Waals surface area contributed by atoms with Gasteiger partial charge in [0, 0.05) is 14.2 Å². The van der Waals surface area contributed by atoms with Crippen molar-refractivity contribution in [3.63, 3.8) is 0 Å². The maximum absolute atomic E-state index is 11.9. The smallest absolute Gasteiger partial charge is 0.387 e. The van der Waals surface area contributed by atoms with Crippen LogP contribution in [0.5, 0.6) is 0 Å². The molecule has 0 unspecified atom stereocenters. The van der Waals surface area contributed by atoms with E-state index < -0.39 is 32.4 Å². The van der Waals surface area contributed by atoms with E-state index in [1.165, 1.54) is 17.2 Å². The van der Waals surface area contributed by atoms with Crippen molar-refractivity contribution in [3.05, 3.63) is 12.7 Å². The Morgan fingerprint density at radius 3 is 2.68 bits per heavy atom. The molecule has 3 rings (SSSR count). The van der Waals surface area contributed by atoms with Crippen LogP contribution in [-0.2, 0) is 22.9 Å². The largest absolute Gasteiger partial charge is 0.474 e. The van der Waals surface area contributed by atoms with Crippen LogP contribution >= 0.6 is 7.82 Å². The van der Waals surface area contributed by atoms with E-state index in [0.29, 0.717) is 11.2 Å². The molecule has 2 aromatic heterocycles. The van der Waals surface area contributed by atoms with Crippen LogP contribution in [0.1, 0.15) is 6.23 Å². The van der Waals surface area contributed by atoms with Crippen LogP contribution in [0.3, 0.4) is 0 Å². The first kappa shape index (κ1) is 18.1. The van der Waals surface area contributed by atoms with Gasteiger partial charge in [0.25, 0.3) is 0 Å². The van der Waals surface area contributed by atoms with Gasteiger partial charge in [-0.2, -0.15) is 0 Å². The maximum atomic E-state index is 11.9. The van der Waals surface area contributed by atoms with Gasteiger partial charge < -0.3 is 20.7 Å². The summed E-state index contributed by atoms with van der Waals surface area (Å²) in [6.45, 7) is -0.322. The number of aliphatic hydroxyl groups is 2. The molecule has 0 saturated carbocycles. The van der Waals surface area contributed by atoms with Crippen LogP contribution < -0.4 is 5.73 Å². The lowest BCUT2D eigenvalue weighted by Gasteiger charge is -2.18. The van der Waals surface area contributed by atoms with Gasteiger partial charge in [-0.05, 0) is 0 Å². The van der Waals surface area contributed by atoms with Gasteiger partial charge in [-0.1, -0.05) is 0 Å². The summed E-state index contributed by atoms with van der Waals surface area (Å²) in [5.74, 6) is 0.179. The number of aliphatic hydroxyl groups excluding tert-OH is 2. The molecule has 12 nitrogen and oxygen atoms in total. The van der Waals surface area contributed by atoms with E-state index in [1.54, 1.807) is 0 Å². The molecule has 0 aromatic carbocycles. The molecule has 25 heavy (non-hydrogen) atoms.